The Morgan fingerprint density at radius 3 is 2.55 bits per heavy atom. The summed E-state index contributed by atoms with van der Waals surface area (Å²) in [4.78, 5) is 17.3. The second kappa shape index (κ2) is 9.08. The number of carbonyl (C=O) groups excluding carboxylic acids is 1. The number of nitrogens with zero attached hydrogens (tertiary/aromatic N) is 4. The molecule has 31 heavy (non-hydrogen) atoms. The summed E-state index contributed by atoms with van der Waals surface area (Å²) in [5, 5.41) is 12.6. The first-order valence-corrected chi connectivity index (χ1v) is 10.9. The van der Waals surface area contributed by atoms with Crippen molar-refractivity contribution in [2.24, 2.45) is 0 Å². The van der Waals surface area contributed by atoms with E-state index in [0.29, 0.717) is 12.1 Å². The van der Waals surface area contributed by atoms with Crippen LogP contribution in [0.2, 0.25) is 0 Å². The molecule has 0 radical (unpaired) electrons. The van der Waals surface area contributed by atoms with Gasteiger partial charge in [-0.05, 0) is 72.3 Å². The Hall–Kier alpha value is -2.90. The predicted molar refractivity (Wildman–Crippen MR) is 127 cm³/mol. The van der Waals surface area contributed by atoms with Gasteiger partial charge in [-0.25, -0.2) is 0 Å². The Morgan fingerprint density at radius 1 is 1.03 bits per heavy atom. The van der Waals surface area contributed by atoms with E-state index < -0.39 is 0 Å². The average molecular weight is 421 g/mol. The standard InChI is InChI=1S/C24H32N6O/c1-28(2)14-7-13-25-24(31)18-11-12-20-21-22(18)26-19-10-6-5-9-17(19)23(21)27-30(20)16-8-15-29(3)4/h5-6,9-12,26H,7-8,13-16H2,1-4H3,(H,25,31). The van der Waals surface area contributed by atoms with Crippen LogP contribution in [0.5, 0.6) is 0 Å². The number of para-hydroxylation sites is 1. The highest BCUT2D eigenvalue weighted by atomic mass is 16.1. The van der Waals surface area contributed by atoms with Crippen LogP contribution in [-0.4, -0.2) is 73.3 Å². The summed E-state index contributed by atoms with van der Waals surface area (Å²) in [5.41, 5.74) is 5.61. The van der Waals surface area contributed by atoms with Crippen molar-refractivity contribution >= 4 is 28.2 Å². The van der Waals surface area contributed by atoms with Crippen LogP contribution in [0.25, 0.3) is 22.2 Å². The second-order valence-electron chi connectivity index (χ2n) is 8.69. The van der Waals surface area contributed by atoms with Gasteiger partial charge < -0.3 is 20.4 Å². The highest BCUT2D eigenvalue weighted by Crippen LogP contribution is 2.44. The van der Waals surface area contributed by atoms with Crippen molar-refractivity contribution in [1.82, 2.24) is 24.9 Å². The van der Waals surface area contributed by atoms with Crippen molar-refractivity contribution in [2.75, 3.05) is 53.1 Å². The Morgan fingerprint density at radius 2 is 1.77 bits per heavy atom. The van der Waals surface area contributed by atoms with E-state index in [-0.39, 0.29) is 5.91 Å². The lowest BCUT2D eigenvalue weighted by Gasteiger charge is -2.20. The lowest BCUT2D eigenvalue weighted by atomic mass is 9.97. The van der Waals surface area contributed by atoms with Gasteiger partial charge >= 0.3 is 0 Å². The van der Waals surface area contributed by atoms with Gasteiger partial charge in [-0.1, -0.05) is 18.2 Å². The van der Waals surface area contributed by atoms with Crippen LogP contribution < -0.4 is 10.6 Å². The van der Waals surface area contributed by atoms with Crippen LogP contribution in [0, 0.1) is 0 Å². The summed E-state index contributed by atoms with van der Waals surface area (Å²) in [6, 6.07) is 12.1. The first kappa shape index (κ1) is 21.3. The number of fused-ring (bicyclic) bond motifs is 2. The molecule has 7 heteroatoms. The van der Waals surface area contributed by atoms with E-state index in [4.69, 9.17) is 5.10 Å². The molecule has 1 aromatic heterocycles. The number of nitrogens with one attached hydrogen (secondary N) is 2. The maximum Gasteiger partial charge on any atom is 0.253 e. The van der Waals surface area contributed by atoms with Crippen molar-refractivity contribution in [3.8, 4) is 11.3 Å². The molecule has 2 aromatic carbocycles. The molecule has 3 aromatic rings. The number of aromatic nitrogens is 2. The molecule has 0 unspecified atom stereocenters. The summed E-state index contributed by atoms with van der Waals surface area (Å²) in [7, 11) is 8.25. The number of carbonyl (C=O) groups is 1. The maximum absolute atomic E-state index is 13.0. The monoisotopic (exact) mass is 420 g/mol. The van der Waals surface area contributed by atoms with Crippen molar-refractivity contribution < 1.29 is 4.79 Å². The van der Waals surface area contributed by atoms with Crippen molar-refractivity contribution in [2.45, 2.75) is 19.4 Å². The van der Waals surface area contributed by atoms with E-state index in [0.717, 1.165) is 66.0 Å². The van der Waals surface area contributed by atoms with Crippen LogP contribution >= 0.6 is 0 Å². The summed E-state index contributed by atoms with van der Waals surface area (Å²) < 4.78 is 2.08. The first-order chi connectivity index (χ1) is 15.0. The summed E-state index contributed by atoms with van der Waals surface area (Å²) >= 11 is 0. The van der Waals surface area contributed by atoms with Crippen molar-refractivity contribution in [3.05, 3.63) is 42.0 Å². The number of amides is 1. The van der Waals surface area contributed by atoms with Crippen molar-refractivity contribution in [1.29, 1.82) is 0 Å². The Balaban J connectivity index is 1.69. The summed E-state index contributed by atoms with van der Waals surface area (Å²) in [5.74, 6) is -0.0474. The van der Waals surface area contributed by atoms with E-state index in [9.17, 15) is 4.79 Å². The minimum absolute atomic E-state index is 0.0474. The lowest BCUT2D eigenvalue weighted by Crippen LogP contribution is -2.27. The molecule has 0 fully saturated rings. The molecule has 0 aliphatic carbocycles. The smallest absolute Gasteiger partial charge is 0.253 e. The zero-order valence-corrected chi connectivity index (χ0v) is 18.9. The molecule has 0 atom stereocenters. The maximum atomic E-state index is 13.0. The first-order valence-electron chi connectivity index (χ1n) is 10.9. The number of rotatable bonds is 9. The summed E-state index contributed by atoms with van der Waals surface area (Å²) in [6.07, 6.45) is 1.93. The van der Waals surface area contributed by atoms with E-state index in [1.165, 1.54) is 0 Å². The molecule has 2 N–H and O–H groups in total. The normalized spacial score (nSPS) is 12.3. The van der Waals surface area contributed by atoms with Gasteiger partial charge in [-0.2, -0.15) is 5.10 Å². The van der Waals surface area contributed by atoms with Gasteiger partial charge in [0, 0.05) is 24.3 Å². The quantitative estimate of drug-likeness (QED) is 0.406. The van der Waals surface area contributed by atoms with Crippen LogP contribution in [0.3, 0.4) is 0 Å². The molecule has 4 rings (SSSR count). The lowest BCUT2D eigenvalue weighted by molar-refractivity contribution is 0.0953. The van der Waals surface area contributed by atoms with E-state index in [1.54, 1.807) is 0 Å². The third kappa shape index (κ3) is 4.43. The molecule has 0 saturated heterocycles. The topological polar surface area (TPSA) is 65.4 Å². The van der Waals surface area contributed by atoms with E-state index >= 15 is 0 Å². The molecule has 0 bridgehead atoms. The Labute approximate surface area is 184 Å². The van der Waals surface area contributed by atoms with Gasteiger partial charge in [0.1, 0.15) is 5.69 Å². The molecule has 1 amide bonds. The molecule has 0 saturated carbocycles. The van der Waals surface area contributed by atoms with E-state index in [1.807, 2.05) is 44.4 Å². The predicted octanol–water partition coefficient (Wildman–Crippen LogP) is 3.39. The van der Waals surface area contributed by atoms with Crippen LogP contribution in [-0.2, 0) is 6.54 Å². The number of benzene rings is 2. The Kier molecular flexibility index (Phi) is 6.25. The third-order valence-electron chi connectivity index (χ3n) is 5.65. The van der Waals surface area contributed by atoms with Gasteiger partial charge in [0.15, 0.2) is 0 Å². The fourth-order valence-electron chi connectivity index (χ4n) is 4.11. The summed E-state index contributed by atoms with van der Waals surface area (Å²) in [6.45, 7) is 3.45. The van der Waals surface area contributed by atoms with Gasteiger partial charge in [-0.3, -0.25) is 9.48 Å². The third-order valence-corrected chi connectivity index (χ3v) is 5.65. The highest BCUT2D eigenvalue weighted by molar-refractivity contribution is 6.16. The fraction of sp³-hybridized carbons (Fsp3) is 0.417. The zero-order valence-electron chi connectivity index (χ0n) is 18.9. The number of hydrogen-bond acceptors (Lipinski definition) is 5. The van der Waals surface area contributed by atoms with Gasteiger partial charge in [0.2, 0.25) is 0 Å². The van der Waals surface area contributed by atoms with Crippen LogP contribution in [0.4, 0.5) is 11.4 Å². The van der Waals surface area contributed by atoms with Gasteiger partial charge in [-0.15, -0.1) is 0 Å². The number of aryl methyl sites for hydroxylation is 1. The largest absolute Gasteiger partial charge is 0.354 e. The van der Waals surface area contributed by atoms with Crippen molar-refractivity contribution in [3.63, 3.8) is 0 Å². The van der Waals surface area contributed by atoms with Crippen LogP contribution in [0.1, 0.15) is 23.2 Å². The number of hydrogen-bond donors (Lipinski definition) is 2. The van der Waals surface area contributed by atoms with Gasteiger partial charge in [0.25, 0.3) is 5.91 Å². The average Bonchev–Trinajstić information content (AvgIpc) is 3.11. The SMILES string of the molecule is CN(C)CCCNC(=O)c1ccc2c3c(nn2CCCN(C)C)-c2ccccc2Nc13. The molecule has 1 aliphatic heterocycles. The fourth-order valence-corrected chi connectivity index (χ4v) is 4.11. The molecule has 7 nitrogen and oxygen atoms in total. The number of anilines is 2. The Bertz CT molecular complexity index is 1090. The minimum atomic E-state index is -0.0474. The highest BCUT2D eigenvalue weighted by Gasteiger charge is 2.26. The zero-order chi connectivity index (χ0) is 22.0. The minimum Gasteiger partial charge on any atom is -0.354 e. The molecule has 0 spiro atoms. The van der Waals surface area contributed by atoms with Gasteiger partial charge in [0.05, 0.1) is 22.2 Å². The van der Waals surface area contributed by atoms with Crippen LogP contribution in [0.15, 0.2) is 36.4 Å². The van der Waals surface area contributed by atoms with E-state index in [2.05, 4.69) is 45.3 Å². The molecule has 164 valence electrons. The molecule has 1 aliphatic rings. The second-order valence-corrected chi connectivity index (χ2v) is 8.69. The molecule has 2 heterocycles. The molecular weight excluding hydrogens is 388 g/mol. The molecular formula is C24H32N6O.